The van der Waals surface area contributed by atoms with Crippen LogP contribution in [0.5, 0.6) is 0 Å². The fourth-order valence-electron chi connectivity index (χ4n) is 4.49. The Morgan fingerprint density at radius 3 is 1.62 bits per heavy atom. The van der Waals surface area contributed by atoms with Gasteiger partial charge in [0, 0.05) is 32.2 Å². The number of carboxylic acid groups (broad SMARTS) is 1. The van der Waals surface area contributed by atoms with Crippen molar-refractivity contribution in [3.05, 3.63) is 70.8 Å². The molecule has 0 saturated heterocycles. The van der Waals surface area contributed by atoms with Crippen molar-refractivity contribution in [2.45, 2.75) is 90.4 Å². The van der Waals surface area contributed by atoms with Crippen molar-refractivity contribution in [2.75, 3.05) is 13.6 Å². The van der Waals surface area contributed by atoms with Crippen LogP contribution in [-0.4, -0.2) is 46.3 Å². The molecule has 1 N–H and O–H groups in total. The molecule has 2 aromatic carbocycles. The molecule has 0 aromatic heterocycles. The summed E-state index contributed by atoms with van der Waals surface area (Å²) in [6, 6.07) is 10.8. The first-order valence-electron chi connectivity index (χ1n) is 14.1. The number of alkyl halides is 3. The number of nitrogens with zero attached hydrogens (tertiary/aromatic N) is 2. The van der Waals surface area contributed by atoms with Crippen LogP contribution in [0.2, 0.25) is 0 Å². The molecule has 2 aromatic rings. The SMILES string of the molecule is CCCCCCCCCCCCN(C)C(=O)c1ccc(CN(Cc2ccc(C(F)(F)F)cc2)C(=O)C(=O)O)cc1. The minimum atomic E-state index is -4.49. The number of carbonyl (C=O) groups is 3. The van der Waals surface area contributed by atoms with Crippen LogP contribution in [0, 0.1) is 0 Å². The van der Waals surface area contributed by atoms with Crippen molar-refractivity contribution in [1.29, 1.82) is 0 Å². The van der Waals surface area contributed by atoms with Gasteiger partial charge in [0.2, 0.25) is 0 Å². The Hall–Kier alpha value is -3.36. The van der Waals surface area contributed by atoms with Gasteiger partial charge in [-0.2, -0.15) is 13.2 Å². The lowest BCUT2D eigenvalue weighted by molar-refractivity contribution is -0.156. The summed E-state index contributed by atoms with van der Waals surface area (Å²) in [5, 5.41) is 9.22. The Labute approximate surface area is 235 Å². The summed E-state index contributed by atoms with van der Waals surface area (Å²) in [7, 11) is 1.77. The topological polar surface area (TPSA) is 77.9 Å². The predicted molar refractivity (Wildman–Crippen MR) is 149 cm³/mol. The number of hydrogen-bond acceptors (Lipinski definition) is 3. The number of carboxylic acids is 1. The zero-order chi connectivity index (χ0) is 29.5. The van der Waals surface area contributed by atoms with Gasteiger partial charge in [-0.15, -0.1) is 0 Å². The first-order valence-corrected chi connectivity index (χ1v) is 14.1. The highest BCUT2D eigenvalue weighted by atomic mass is 19.4. The highest BCUT2D eigenvalue weighted by molar-refractivity contribution is 6.31. The van der Waals surface area contributed by atoms with Crippen LogP contribution in [0.3, 0.4) is 0 Å². The largest absolute Gasteiger partial charge is 0.474 e. The maximum atomic E-state index is 12.8. The molecule has 0 unspecified atom stereocenters. The number of aliphatic carboxylic acids is 1. The Morgan fingerprint density at radius 2 is 1.18 bits per heavy atom. The van der Waals surface area contributed by atoms with Crippen molar-refractivity contribution >= 4 is 17.8 Å². The first kappa shape index (κ1) is 32.8. The molecular formula is C31H41F3N2O4. The number of amides is 2. The second-order valence-corrected chi connectivity index (χ2v) is 10.3. The van der Waals surface area contributed by atoms with Gasteiger partial charge < -0.3 is 14.9 Å². The average Bonchev–Trinajstić information content (AvgIpc) is 2.93. The lowest BCUT2D eigenvalue weighted by Gasteiger charge is -2.22. The van der Waals surface area contributed by atoms with E-state index >= 15 is 0 Å². The summed E-state index contributed by atoms with van der Waals surface area (Å²) in [6.07, 6.45) is 7.71. The van der Waals surface area contributed by atoms with E-state index in [1.165, 1.54) is 63.5 Å². The van der Waals surface area contributed by atoms with Crippen LogP contribution in [0.4, 0.5) is 13.2 Å². The molecule has 0 heterocycles. The van der Waals surface area contributed by atoms with Crippen LogP contribution in [-0.2, 0) is 28.9 Å². The summed E-state index contributed by atoms with van der Waals surface area (Å²) in [4.78, 5) is 39.1. The Morgan fingerprint density at radius 1 is 0.725 bits per heavy atom. The maximum Gasteiger partial charge on any atom is 0.416 e. The Bertz CT molecular complexity index is 1070. The summed E-state index contributed by atoms with van der Waals surface area (Å²) >= 11 is 0. The second-order valence-electron chi connectivity index (χ2n) is 10.3. The van der Waals surface area contributed by atoms with Crippen molar-refractivity contribution in [3.8, 4) is 0 Å². The summed E-state index contributed by atoms with van der Waals surface area (Å²) in [5.74, 6) is -2.95. The van der Waals surface area contributed by atoms with Crippen LogP contribution in [0.25, 0.3) is 0 Å². The van der Waals surface area contributed by atoms with Crippen LogP contribution >= 0.6 is 0 Å². The molecule has 9 heteroatoms. The lowest BCUT2D eigenvalue weighted by atomic mass is 10.1. The van der Waals surface area contributed by atoms with E-state index in [-0.39, 0.29) is 19.0 Å². The second kappa shape index (κ2) is 16.7. The molecule has 220 valence electrons. The molecule has 0 saturated carbocycles. The monoisotopic (exact) mass is 562 g/mol. The lowest BCUT2D eigenvalue weighted by Crippen LogP contribution is -2.35. The predicted octanol–water partition coefficient (Wildman–Crippen LogP) is 7.31. The minimum absolute atomic E-state index is 0.0743. The van der Waals surface area contributed by atoms with Gasteiger partial charge >= 0.3 is 18.1 Å². The van der Waals surface area contributed by atoms with Crippen LogP contribution < -0.4 is 0 Å². The van der Waals surface area contributed by atoms with Gasteiger partial charge in [-0.1, -0.05) is 89.0 Å². The highest BCUT2D eigenvalue weighted by Crippen LogP contribution is 2.29. The van der Waals surface area contributed by atoms with E-state index in [0.717, 1.165) is 29.9 Å². The Balaban J connectivity index is 1.86. The first-order chi connectivity index (χ1) is 19.0. The molecule has 0 aliphatic carbocycles. The zero-order valence-corrected chi connectivity index (χ0v) is 23.5. The van der Waals surface area contributed by atoms with E-state index in [0.29, 0.717) is 23.2 Å². The minimum Gasteiger partial charge on any atom is -0.474 e. The standard InChI is InChI=1S/C31H41F3N2O4/c1-3-4-5-6-7-8-9-10-11-12-21-35(2)28(37)26-17-13-24(14-18-26)22-36(29(38)30(39)40)23-25-15-19-27(20-16-25)31(32,33)34/h13-20H,3-12,21-23H2,1-2H3,(H,39,40). The van der Waals surface area contributed by atoms with Gasteiger partial charge in [0.25, 0.3) is 5.91 Å². The number of rotatable bonds is 16. The van der Waals surface area contributed by atoms with Crippen LogP contribution in [0.15, 0.2) is 48.5 Å². The molecule has 40 heavy (non-hydrogen) atoms. The van der Waals surface area contributed by atoms with E-state index in [1.54, 1.807) is 36.2 Å². The maximum absolute atomic E-state index is 12.8. The van der Waals surface area contributed by atoms with Gasteiger partial charge in [0.1, 0.15) is 0 Å². The van der Waals surface area contributed by atoms with E-state index in [9.17, 15) is 32.7 Å². The smallest absolute Gasteiger partial charge is 0.416 e. The number of benzene rings is 2. The molecule has 0 aliphatic heterocycles. The molecule has 0 fully saturated rings. The van der Waals surface area contributed by atoms with Gasteiger partial charge in [-0.3, -0.25) is 9.59 Å². The molecule has 0 bridgehead atoms. The summed E-state index contributed by atoms with van der Waals surface area (Å²) in [5.41, 5.74) is 0.612. The van der Waals surface area contributed by atoms with Gasteiger partial charge in [0.05, 0.1) is 5.56 Å². The van der Waals surface area contributed by atoms with E-state index in [2.05, 4.69) is 6.92 Å². The Kier molecular flexibility index (Phi) is 13.7. The van der Waals surface area contributed by atoms with E-state index in [4.69, 9.17) is 0 Å². The molecular weight excluding hydrogens is 521 g/mol. The van der Waals surface area contributed by atoms with Crippen molar-refractivity contribution in [1.82, 2.24) is 9.80 Å². The molecule has 2 rings (SSSR count). The van der Waals surface area contributed by atoms with Crippen molar-refractivity contribution in [3.63, 3.8) is 0 Å². The number of unbranched alkanes of at least 4 members (excludes halogenated alkanes) is 9. The number of hydrogen-bond donors (Lipinski definition) is 1. The number of halogens is 3. The molecule has 0 radical (unpaired) electrons. The molecule has 0 spiro atoms. The third-order valence-corrected chi connectivity index (χ3v) is 6.89. The molecule has 0 atom stereocenters. The summed E-state index contributed by atoms with van der Waals surface area (Å²) < 4.78 is 38.5. The van der Waals surface area contributed by atoms with Crippen LogP contribution in [0.1, 0.15) is 98.2 Å². The van der Waals surface area contributed by atoms with Crippen molar-refractivity contribution < 1.29 is 32.7 Å². The number of carbonyl (C=O) groups excluding carboxylic acids is 2. The van der Waals surface area contributed by atoms with Gasteiger partial charge in [-0.25, -0.2) is 4.79 Å². The fraction of sp³-hybridized carbons (Fsp3) is 0.516. The third-order valence-electron chi connectivity index (χ3n) is 6.89. The molecule has 6 nitrogen and oxygen atoms in total. The molecule has 0 aliphatic rings. The quantitative estimate of drug-likeness (QED) is 0.172. The highest BCUT2D eigenvalue weighted by Gasteiger charge is 2.30. The van der Waals surface area contributed by atoms with Gasteiger partial charge in [-0.05, 0) is 41.8 Å². The van der Waals surface area contributed by atoms with E-state index < -0.39 is 23.6 Å². The fourth-order valence-corrected chi connectivity index (χ4v) is 4.49. The average molecular weight is 563 g/mol. The third kappa shape index (κ3) is 11.4. The van der Waals surface area contributed by atoms with Crippen molar-refractivity contribution in [2.24, 2.45) is 0 Å². The van der Waals surface area contributed by atoms with Gasteiger partial charge in [0.15, 0.2) is 0 Å². The zero-order valence-electron chi connectivity index (χ0n) is 23.5. The molecule has 2 amide bonds. The normalized spacial score (nSPS) is 11.3. The summed E-state index contributed by atoms with van der Waals surface area (Å²) in [6.45, 7) is 2.63. The van der Waals surface area contributed by atoms with E-state index in [1.807, 2.05) is 0 Å².